The van der Waals surface area contributed by atoms with Crippen LogP contribution in [0.25, 0.3) is 0 Å². The van der Waals surface area contributed by atoms with Gasteiger partial charge in [0.05, 0.1) is 5.75 Å². The molecule has 18 heavy (non-hydrogen) atoms. The number of ether oxygens (including phenoxy) is 1. The molecule has 0 aliphatic carbocycles. The zero-order valence-electron chi connectivity index (χ0n) is 10.7. The van der Waals surface area contributed by atoms with E-state index < -0.39 is 11.5 Å². The Bertz CT molecular complexity index is 290. The van der Waals surface area contributed by atoms with Crippen LogP contribution in [0.15, 0.2) is 0 Å². The van der Waals surface area contributed by atoms with Crippen molar-refractivity contribution in [2.24, 2.45) is 0 Å². The largest absolute Gasteiger partial charge is 0.480 e. The first-order valence-corrected chi connectivity index (χ1v) is 7.46. The molecule has 5 nitrogen and oxygen atoms in total. The maximum atomic E-state index is 11.7. The molecule has 0 spiro atoms. The highest BCUT2D eigenvalue weighted by Crippen LogP contribution is 2.21. The van der Waals surface area contributed by atoms with Crippen LogP contribution < -0.4 is 5.32 Å². The van der Waals surface area contributed by atoms with Crippen molar-refractivity contribution in [1.82, 2.24) is 5.32 Å². The Labute approximate surface area is 112 Å². The van der Waals surface area contributed by atoms with Gasteiger partial charge in [-0.2, -0.15) is 11.8 Å². The van der Waals surface area contributed by atoms with E-state index in [-0.39, 0.29) is 5.91 Å². The number of amides is 1. The minimum Gasteiger partial charge on any atom is -0.480 e. The van der Waals surface area contributed by atoms with Crippen LogP contribution in [0.5, 0.6) is 0 Å². The van der Waals surface area contributed by atoms with E-state index in [0.717, 1.165) is 18.6 Å². The zero-order valence-corrected chi connectivity index (χ0v) is 11.6. The van der Waals surface area contributed by atoms with Crippen LogP contribution in [0.1, 0.15) is 32.6 Å². The second-order valence-corrected chi connectivity index (χ2v) is 5.56. The van der Waals surface area contributed by atoms with Gasteiger partial charge in [0.1, 0.15) is 5.54 Å². The minimum atomic E-state index is -1.12. The van der Waals surface area contributed by atoms with Gasteiger partial charge in [-0.15, -0.1) is 0 Å². The van der Waals surface area contributed by atoms with Crippen LogP contribution in [0.4, 0.5) is 0 Å². The smallest absolute Gasteiger partial charge is 0.329 e. The highest BCUT2D eigenvalue weighted by Gasteiger charge is 2.41. The lowest BCUT2D eigenvalue weighted by Crippen LogP contribution is -2.57. The van der Waals surface area contributed by atoms with Gasteiger partial charge >= 0.3 is 5.97 Å². The first-order chi connectivity index (χ1) is 8.60. The van der Waals surface area contributed by atoms with Gasteiger partial charge in [0.2, 0.25) is 5.91 Å². The maximum absolute atomic E-state index is 11.7. The van der Waals surface area contributed by atoms with Crippen molar-refractivity contribution in [2.45, 2.75) is 38.1 Å². The van der Waals surface area contributed by atoms with Crippen LogP contribution in [-0.2, 0) is 14.3 Å². The van der Waals surface area contributed by atoms with E-state index in [1.54, 1.807) is 11.8 Å². The van der Waals surface area contributed by atoms with Crippen LogP contribution in [0.3, 0.4) is 0 Å². The lowest BCUT2D eigenvalue weighted by Gasteiger charge is -2.33. The number of nitrogens with one attached hydrogen (secondary N) is 1. The lowest BCUT2D eigenvalue weighted by molar-refractivity contribution is -0.151. The maximum Gasteiger partial charge on any atom is 0.329 e. The lowest BCUT2D eigenvalue weighted by atomic mass is 9.90. The molecule has 0 aromatic carbocycles. The Balaban J connectivity index is 2.41. The SMILES string of the molecule is CCCCSCC(=O)NC1(C(=O)O)CCOCC1. The van der Waals surface area contributed by atoms with Gasteiger partial charge in [0.15, 0.2) is 0 Å². The summed E-state index contributed by atoms with van der Waals surface area (Å²) in [7, 11) is 0. The second-order valence-electron chi connectivity index (χ2n) is 4.45. The summed E-state index contributed by atoms with van der Waals surface area (Å²) in [5, 5.41) is 11.9. The average molecular weight is 275 g/mol. The van der Waals surface area contributed by atoms with E-state index in [4.69, 9.17) is 4.74 Å². The number of hydrogen-bond donors (Lipinski definition) is 2. The molecule has 2 N–H and O–H groups in total. The molecule has 0 aromatic heterocycles. The van der Waals surface area contributed by atoms with E-state index in [1.165, 1.54) is 0 Å². The Hall–Kier alpha value is -0.750. The van der Waals surface area contributed by atoms with Crippen molar-refractivity contribution >= 4 is 23.6 Å². The van der Waals surface area contributed by atoms with E-state index in [2.05, 4.69) is 12.2 Å². The van der Waals surface area contributed by atoms with Crippen LogP contribution in [-0.4, -0.2) is 47.2 Å². The summed E-state index contributed by atoms with van der Waals surface area (Å²) in [6.45, 7) is 2.87. The summed E-state index contributed by atoms with van der Waals surface area (Å²) in [4.78, 5) is 23.1. The Morgan fingerprint density at radius 2 is 2.06 bits per heavy atom. The Morgan fingerprint density at radius 3 is 2.61 bits per heavy atom. The first-order valence-electron chi connectivity index (χ1n) is 6.30. The van der Waals surface area contributed by atoms with Gasteiger partial charge in [0.25, 0.3) is 0 Å². The molecule has 0 atom stereocenters. The van der Waals surface area contributed by atoms with Gasteiger partial charge in [0, 0.05) is 26.1 Å². The third kappa shape index (κ3) is 4.49. The molecule has 0 aromatic rings. The summed E-state index contributed by atoms with van der Waals surface area (Å²) in [5.41, 5.74) is -1.12. The van der Waals surface area contributed by atoms with Gasteiger partial charge in [-0.25, -0.2) is 4.79 Å². The highest BCUT2D eigenvalue weighted by molar-refractivity contribution is 7.99. The normalized spacial score (nSPS) is 18.3. The van der Waals surface area contributed by atoms with E-state index in [1.807, 2.05) is 0 Å². The van der Waals surface area contributed by atoms with Gasteiger partial charge < -0.3 is 15.2 Å². The predicted molar refractivity (Wildman–Crippen MR) is 70.8 cm³/mol. The fourth-order valence-electron chi connectivity index (χ4n) is 1.83. The fourth-order valence-corrected chi connectivity index (χ4v) is 2.72. The number of rotatable bonds is 7. The number of unbranched alkanes of at least 4 members (excludes halogenated alkanes) is 1. The Kier molecular flexibility index (Phi) is 6.49. The van der Waals surface area contributed by atoms with Gasteiger partial charge in [-0.3, -0.25) is 4.79 Å². The average Bonchev–Trinajstić information content (AvgIpc) is 2.35. The molecule has 1 rings (SSSR count). The highest BCUT2D eigenvalue weighted by atomic mass is 32.2. The summed E-state index contributed by atoms with van der Waals surface area (Å²) < 4.78 is 5.15. The standard InChI is InChI=1S/C12H21NO4S/c1-2-3-8-18-9-10(14)13-12(11(15)16)4-6-17-7-5-12/h2-9H2,1H3,(H,13,14)(H,15,16). The molecule has 1 fully saturated rings. The number of carbonyl (C=O) groups is 2. The van der Waals surface area contributed by atoms with Crippen molar-refractivity contribution in [3.63, 3.8) is 0 Å². The van der Waals surface area contributed by atoms with Crippen LogP contribution in [0.2, 0.25) is 0 Å². The van der Waals surface area contributed by atoms with Gasteiger partial charge in [-0.05, 0) is 12.2 Å². The summed E-state index contributed by atoms with van der Waals surface area (Å²) in [6, 6.07) is 0. The molecule has 6 heteroatoms. The third-order valence-electron chi connectivity index (χ3n) is 3.01. The first kappa shape index (κ1) is 15.3. The fraction of sp³-hybridized carbons (Fsp3) is 0.833. The Morgan fingerprint density at radius 1 is 1.39 bits per heavy atom. The molecule has 1 aliphatic rings. The summed E-state index contributed by atoms with van der Waals surface area (Å²) >= 11 is 1.55. The number of carboxylic acid groups (broad SMARTS) is 1. The molecular formula is C12H21NO4S. The molecule has 0 saturated carbocycles. The molecule has 1 saturated heterocycles. The quantitative estimate of drug-likeness (QED) is 0.684. The summed E-state index contributed by atoms with van der Waals surface area (Å²) in [5.74, 6) is 0.112. The van der Waals surface area contributed by atoms with Crippen molar-refractivity contribution < 1.29 is 19.4 Å². The number of thioether (sulfide) groups is 1. The number of hydrogen-bond acceptors (Lipinski definition) is 4. The molecular weight excluding hydrogens is 254 g/mol. The zero-order chi connectivity index (χ0) is 13.4. The monoisotopic (exact) mass is 275 g/mol. The van der Waals surface area contributed by atoms with E-state index in [0.29, 0.717) is 31.8 Å². The summed E-state index contributed by atoms with van der Waals surface area (Å²) in [6.07, 6.45) is 2.86. The van der Waals surface area contributed by atoms with Crippen molar-refractivity contribution in [3.05, 3.63) is 0 Å². The number of carboxylic acids is 1. The molecule has 0 radical (unpaired) electrons. The minimum absolute atomic E-state index is 0.194. The number of aliphatic carboxylic acids is 1. The third-order valence-corrected chi connectivity index (χ3v) is 4.05. The van der Waals surface area contributed by atoms with Crippen LogP contribution >= 0.6 is 11.8 Å². The topological polar surface area (TPSA) is 75.6 Å². The van der Waals surface area contributed by atoms with Crippen molar-refractivity contribution in [3.8, 4) is 0 Å². The molecule has 104 valence electrons. The van der Waals surface area contributed by atoms with E-state index >= 15 is 0 Å². The molecule has 0 bridgehead atoms. The molecule has 1 aliphatic heterocycles. The number of carbonyl (C=O) groups excluding carboxylic acids is 1. The molecule has 1 heterocycles. The second kappa shape index (κ2) is 7.63. The van der Waals surface area contributed by atoms with E-state index in [9.17, 15) is 14.7 Å². The molecule has 0 unspecified atom stereocenters. The predicted octanol–water partition coefficient (Wildman–Crippen LogP) is 1.27. The van der Waals surface area contributed by atoms with Gasteiger partial charge in [-0.1, -0.05) is 13.3 Å². The van der Waals surface area contributed by atoms with Crippen molar-refractivity contribution in [2.75, 3.05) is 24.7 Å². The molecule has 1 amide bonds. The van der Waals surface area contributed by atoms with Crippen LogP contribution in [0, 0.1) is 0 Å². The van der Waals surface area contributed by atoms with Crippen molar-refractivity contribution in [1.29, 1.82) is 0 Å².